The van der Waals surface area contributed by atoms with Crippen molar-refractivity contribution in [1.82, 2.24) is 5.32 Å². The van der Waals surface area contributed by atoms with E-state index in [1.807, 2.05) is 42.5 Å². The van der Waals surface area contributed by atoms with Crippen LogP contribution in [0.25, 0.3) is 0 Å². The monoisotopic (exact) mass is 325 g/mol. The van der Waals surface area contributed by atoms with Crippen LogP contribution >= 0.6 is 0 Å². The molecule has 0 aliphatic carbocycles. The van der Waals surface area contributed by atoms with E-state index in [-0.39, 0.29) is 0 Å². The van der Waals surface area contributed by atoms with Crippen LogP contribution in [0.15, 0.2) is 54.6 Å². The fraction of sp³-hybridized carbons (Fsp3) is 0.316. The highest BCUT2D eigenvalue weighted by Gasteiger charge is 2.18. The Morgan fingerprint density at radius 1 is 1.08 bits per heavy atom. The van der Waals surface area contributed by atoms with Crippen molar-refractivity contribution in [2.75, 3.05) is 36.4 Å². The van der Waals surface area contributed by atoms with Crippen LogP contribution in [0, 0.1) is 0 Å². The molecule has 0 amide bonds. The number of aliphatic carboxylic acids is 1. The van der Waals surface area contributed by atoms with Crippen molar-refractivity contribution in [3.63, 3.8) is 0 Å². The first kappa shape index (κ1) is 16.3. The van der Waals surface area contributed by atoms with Crippen LogP contribution in [0.1, 0.15) is 5.56 Å². The highest BCUT2D eigenvalue weighted by molar-refractivity contribution is 5.78. The van der Waals surface area contributed by atoms with Gasteiger partial charge in [-0.25, -0.2) is 4.79 Å². The summed E-state index contributed by atoms with van der Waals surface area (Å²) in [7, 11) is 0. The first-order valence-corrected chi connectivity index (χ1v) is 8.31. The van der Waals surface area contributed by atoms with Gasteiger partial charge in [-0.05, 0) is 29.8 Å². The third-order valence-corrected chi connectivity index (χ3v) is 4.27. The van der Waals surface area contributed by atoms with Gasteiger partial charge in [0.2, 0.25) is 0 Å². The molecule has 3 N–H and O–H groups in total. The number of carboxylic acids is 1. The van der Waals surface area contributed by atoms with Gasteiger partial charge in [-0.1, -0.05) is 30.3 Å². The molecular weight excluding hydrogens is 302 g/mol. The highest BCUT2D eigenvalue weighted by Crippen LogP contribution is 2.19. The Labute approximate surface area is 142 Å². The van der Waals surface area contributed by atoms with Crippen LogP contribution in [0.3, 0.4) is 0 Å². The Kier molecular flexibility index (Phi) is 5.33. The van der Waals surface area contributed by atoms with Gasteiger partial charge in [0.05, 0.1) is 0 Å². The number of nitrogens with one attached hydrogen (secondary N) is 2. The Morgan fingerprint density at radius 3 is 2.38 bits per heavy atom. The predicted molar refractivity (Wildman–Crippen MR) is 96.7 cm³/mol. The Hall–Kier alpha value is -2.53. The van der Waals surface area contributed by atoms with Gasteiger partial charge in [-0.3, -0.25) is 0 Å². The molecule has 2 aromatic carbocycles. The fourth-order valence-corrected chi connectivity index (χ4v) is 2.94. The first-order valence-electron chi connectivity index (χ1n) is 8.31. The third-order valence-electron chi connectivity index (χ3n) is 4.27. The standard InChI is InChI=1S/C19H23N3O2/c23-19(24)18(14-15-4-2-1-3-5-15)21-16-6-8-17(9-7-16)22-12-10-20-11-13-22/h1-9,18,20-21H,10-14H2,(H,23,24)/t18-/m0/s1. The van der Waals surface area contributed by atoms with Crippen LogP contribution in [-0.4, -0.2) is 43.3 Å². The van der Waals surface area contributed by atoms with Crippen molar-refractivity contribution in [2.45, 2.75) is 12.5 Å². The van der Waals surface area contributed by atoms with Gasteiger partial charge in [-0.2, -0.15) is 0 Å². The number of benzene rings is 2. The molecule has 1 heterocycles. The molecule has 0 spiro atoms. The third kappa shape index (κ3) is 4.26. The molecule has 24 heavy (non-hydrogen) atoms. The summed E-state index contributed by atoms with van der Waals surface area (Å²) in [5.74, 6) is -0.843. The Bertz CT molecular complexity index is 652. The summed E-state index contributed by atoms with van der Waals surface area (Å²) in [6.45, 7) is 3.99. The van der Waals surface area contributed by atoms with Crippen molar-refractivity contribution in [3.05, 3.63) is 60.2 Å². The molecule has 0 bridgehead atoms. The Balaban J connectivity index is 1.65. The number of hydrogen-bond donors (Lipinski definition) is 3. The van der Waals surface area contributed by atoms with E-state index in [1.165, 1.54) is 5.69 Å². The van der Waals surface area contributed by atoms with Crippen LogP contribution in [0.2, 0.25) is 0 Å². The number of hydrogen-bond acceptors (Lipinski definition) is 4. The van der Waals surface area contributed by atoms with E-state index in [9.17, 15) is 9.90 Å². The lowest BCUT2D eigenvalue weighted by Gasteiger charge is -2.29. The SMILES string of the molecule is O=C(O)[C@H](Cc1ccccc1)Nc1ccc(N2CCNCC2)cc1. The van der Waals surface area contributed by atoms with Crippen molar-refractivity contribution < 1.29 is 9.90 Å². The number of piperazine rings is 1. The normalized spacial score (nSPS) is 15.8. The number of carboxylic acid groups (broad SMARTS) is 1. The summed E-state index contributed by atoms with van der Waals surface area (Å²) in [4.78, 5) is 13.9. The van der Waals surface area contributed by atoms with Crippen LogP contribution in [0.5, 0.6) is 0 Å². The second-order valence-corrected chi connectivity index (χ2v) is 6.01. The number of rotatable bonds is 6. The molecule has 1 aliphatic rings. The average molecular weight is 325 g/mol. The predicted octanol–water partition coefficient (Wildman–Crippen LogP) is 2.20. The minimum Gasteiger partial charge on any atom is -0.480 e. The van der Waals surface area contributed by atoms with Gasteiger partial charge in [0.15, 0.2) is 0 Å². The summed E-state index contributed by atoms with van der Waals surface area (Å²) in [5, 5.41) is 15.9. The molecule has 2 aromatic rings. The van der Waals surface area contributed by atoms with E-state index in [0.717, 1.165) is 37.4 Å². The van der Waals surface area contributed by atoms with E-state index in [4.69, 9.17) is 0 Å². The lowest BCUT2D eigenvalue weighted by Crippen LogP contribution is -2.43. The van der Waals surface area contributed by atoms with Gasteiger partial charge in [0, 0.05) is 44.0 Å². The smallest absolute Gasteiger partial charge is 0.326 e. The zero-order chi connectivity index (χ0) is 16.8. The van der Waals surface area contributed by atoms with Crippen molar-refractivity contribution in [3.8, 4) is 0 Å². The van der Waals surface area contributed by atoms with Crippen molar-refractivity contribution in [2.24, 2.45) is 0 Å². The molecule has 0 radical (unpaired) electrons. The fourth-order valence-electron chi connectivity index (χ4n) is 2.94. The maximum absolute atomic E-state index is 11.5. The lowest BCUT2D eigenvalue weighted by atomic mass is 10.1. The zero-order valence-corrected chi connectivity index (χ0v) is 13.6. The van der Waals surface area contributed by atoms with E-state index in [1.54, 1.807) is 0 Å². The highest BCUT2D eigenvalue weighted by atomic mass is 16.4. The summed E-state index contributed by atoms with van der Waals surface area (Å²) in [6.07, 6.45) is 0.454. The van der Waals surface area contributed by atoms with Crippen LogP contribution in [-0.2, 0) is 11.2 Å². The first-order chi connectivity index (χ1) is 11.7. The van der Waals surface area contributed by atoms with Crippen molar-refractivity contribution in [1.29, 1.82) is 0 Å². The van der Waals surface area contributed by atoms with Gasteiger partial charge in [0.1, 0.15) is 6.04 Å². The molecular formula is C19H23N3O2. The quantitative estimate of drug-likeness (QED) is 0.760. The summed E-state index contributed by atoms with van der Waals surface area (Å²) < 4.78 is 0. The van der Waals surface area contributed by atoms with E-state index in [0.29, 0.717) is 6.42 Å². The lowest BCUT2D eigenvalue weighted by molar-refractivity contribution is -0.137. The maximum Gasteiger partial charge on any atom is 0.326 e. The summed E-state index contributed by atoms with van der Waals surface area (Å²) >= 11 is 0. The van der Waals surface area contributed by atoms with Crippen LogP contribution in [0.4, 0.5) is 11.4 Å². The zero-order valence-electron chi connectivity index (χ0n) is 13.6. The average Bonchev–Trinajstić information content (AvgIpc) is 2.63. The molecule has 5 nitrogen and oxygen atoms in total. The van der Waals surface area contributed by atoms with E-state index < -0.39 is 12.0 Å². The second-order valence-electron chi connectivity index (χ2n) is 6.01. The van der Waals surface area contributed by atoms with Gasteiger partial charge >= 0.3 is 5.97 Å². The number of anilines is 2. The maximum atomic E-state index is 11.5. The van der Waals surface area contributed by atoms with E-state index in [2.05, 4.69) is 27.7 Å². The molecule has 126 valence electrons. The molecule has 1 saturated heterocycles. The van der Waals surface area contributed by atoms with Crippen LogP contribution < -0.4 is 15.5 Å². The minimum atomic E-state index is -0.843. The van der Waals surface area contributed by atoms with E-state index >= 15 is 0 Å². The molecule has 1 atom stereocenters. The number of carbonyl (C=O) groups is 1. The van der Waals surface area contributed by atoms with Gasteiger partial charge < -0.3 is 20.6 Å². The molecule has 3 rings (SSSR count). The van der Waals surface area contributed by atoms with Gasteiger partial charge in [0.25, 0.3) is 0 Å². The minimum absolute atomic E-state index is 0.454. The largest absolute Gasteiger partial charge is 0.480 e. The van der Waals surface area contributed by atoms with Gasteiger partial charge in [-0.15, -0.1) is 0 Å². The van der Waals surface area contributed by atoms with Crippen molar-refractivity contribution >= 4 is 17.3 Å². The molecule has 0 unspecified atom stereocenters. The molecule has 1 aliphatic heterocycles. The molecule has 5 heteroatoms. The molecule has 0 aromatic heterocycles. The Morgan fingerprint density at radius 2 is 1.75 bits per heavy atom. The number of nitrogens with zero attached hydrogens (tertiary/aromatic N) is 1. The molecule has 1 fully saturated rings. The molecule has 0 saturated carbocycles. The topological polar surface area (TPSA) is 64.6 Å². The summed E-state index contributed by atoms with van der Waals surface area (Å²) in [5.41, 5.74) is 3.02. The second kappa shape index (κ2) is 7.84. The summed E-state index contributed by atoms with van der Waals surface area (Å²) in [6, 6.07) is 17.1.